The molecule has 0 spiro atoms. The van der Waals surface area contributed by atoms with Gasteiger partial charge < -0.3 is 25.0 Å². The van der Waals surface area contributed by atoms with Crippen LogP contribution in [0.5, 0.6) is 5.75 Å². The van der Waals surface area contributed by atoms with Crippen molar-refractivity contribution in [2.24, 2.45) is 11.8 Å². The van der Waals surface area contributed by atoms with E-state index in [9.17, 15) is 0 Å². The van der Waals surface area contributed by atoms with Crippen LogP contribution in [0.25, 0.3) is 11.0 Å². The molecule has 3 aliphatic rings. The van der Waals surface area contributed by atoms with E-state index >= 15 is 0 Å². The molecule has 0 unspecified atom stereocenters. The number of hydrogen-bond donors (Lipinski definition) is 2. The van der Waals surface area contributed by atoms with Crippen LogP contribution in [0, 0.1) is 18.8 Å². The SMILES string of the molecule is COc1cc(N2CCC(N3C[C@H]4COC[C@H]4C3)CC2)c(C)cc1Nc1ncc(Cl)c(Nc2ccc3nccnc3c2P(C)C)n1. The number of benzene rings is 2. The Kier molecular flexibility index (Phi) is 8.66. The van der Waals surface area contributed by atoms with Gasteiger partial charge in [-0.25, -0.2) is 4.98 Å². The van der Waals surface area contributed by atoms with Crippen LogP contribution in [-0.4, -0.2) is 90.7 Å². The highest BCUT2D eigenvalue weighted by Crippen LogP contribution is 2.38. The van der Waals surface area contributed by atoms with Gasteiger partial charge in [0, 0.05) is 79.2 Å². The maximum absolute atomic E-state index is 6.59. The van der Waals surface area contributed by atoms with E-state index in [1.807, 2.05) is 12.1 Å². The fourth-order valence-electron chi connectivity index (χ4n) is 7.12. The molecule has 0 aliphatic carbocycles. The van der Waals surface area contributed by atoms with Crippen molar-refractivity contribution < 1.29 is 9.47 Å². The molecule has 4 aromatic rings. The summed E-state index contributed by atoms with van der Waals surface area (Å²) in [4.78, 5) is 23.5. The molecule has 2 N–H and O–H groups in total. The molecule has 0 amide bonds. The standard InChI is InChI=1S/C33H40ClN8O2P/c1-20-13-27(29(43-2)14-28(20)41-11-7-23(8-12-41)42-16-21-18-44-19-22(21)17-42)39-33-37-15-24(34)32(40-33)38-26-6-5-25-30(31(26)45(3)4)36-10-9-35-25/h5-6,9-10,13-15,21-23H,7-8,11-12,16-19H2,1-4H3,(H2,37,38,39,40)/t21-,22+. The van der Waals surface area contributed by atoms with Crippen LogP contribution in [0.4, 0.5) is 28.8 Å². The number of ether oxygens (including phenoxy) is 2. The molecular formula is C33H40ClN8O2P. The lowest BCUT2D eigenvalue weighted by Gasteiger charge is -2.39. The van der Waals surface area contributed by atoms with Gasteiger partial charge in [0.25, 0.3) is 0 Å². The molecule has 2 aromatic heterocycles. The monoisotopic (exact) mass is 646 g/mol. The van der Waals surface area contributed by atoms with Gasteiger partial charge in [0.15, 0.2) is 5.82 Å². The fourth-order valence-corrected chi connectivity index (χ4v) is 8.46. The van der Waals surface area contributed by atoms with Crippen LogP contribution in [0.15, 0.2) is 42.9 Å². The normalized spacial score (nSPS) is 20.6. The number of rotatable bonds is 8. The Morgan fingerprint density at radius 2 is 1.73 bits per heavy atom. The van der Waals surface area contributed by atoms with Gasteiger partial charge in [-0.15, -0.1) is 0 Å². The first kappa shape index (κ1) is 30.4. The quantitative estimate of drug-likeness (QED) is 0.229. The first-order valence-corrected chi connectivity index (χ1v) is 18.2. The van der Waals surface area contributed by atoms with Crippen molar-refractivity contribution in [1.29, 1.82) is 0 Å². The average molecular weight is 647 g/mol. The summed E-state index contributed by atoms with van der Waals surface area (Å²) in [5.41, 5.74) is 5.86. The predicted octanol–water partition coefficient (Wildman–Crippen LogP) is 5.79. The third-order valence-electron chi connectivity index (χ3n) is 9.41. The molecule has 0 bridgehead atoms. The number of aromatic nitrogens is 4. The number of methoxy groups -OCH3 is 1. The van der Waals surface area contributed by atoms with Crippen LogP contribution < -0.4 is 25.6 Å². The molecule has 0 saturated carbocycles. The Bertz CT molecular complexity index is 1690. The highest BCUT2D eigenvalue weighted by atomic mass is 35.5. The molecule has 10 nitrogen and oxygen atoms in total. The van der Waals surface area contributed by atoms with Crippen molar-refractivity contribution in [2.45, 2.75) is 25.8 Å². The molecular weight excluding hydrogens is 607 g/mol. The molecule has 3 saturated heterocycles. The lowest BCUT2D eigenvalue weighted by Crippen LogP contribution is -2.44. The Labute approximate surface area is 270 Å². The molecule has 5 heterocycles. The lowest BCUT2D eigenvalue weighted by molar-refractivity contribution is 0.130. The highest BCUT2D eigenvalue weighted by Gasteiger charge is 2.40. The summed E-state index contributed by atoms with van der Waals surface area (Å²) in [6, 6.07) is 8.90. The van der Waals surface area contributed by atoms with E-state index < -0.39 is 7.92 Å². The third kappa shape index (κ3) is 6.13. The van der Waals surface area contributed by atoms with Gasteiger partial charge in [0.2, 0.25) is 5.95 Å². The Hall–Kier alpha value is -3.30. The molecule has 45 heavy (non-hydrogen) atoms. The zero-order chi connectivity index (χ0) is 31.1. The Morgan fingerprint density at radius 1 is 0.978 bits per heavy atom. The summed E-state index contributed by atoms with van der Waals surface area (Å²) in [5.74, 6) is 3.15. The second kappa shape index (κ2) is 12.8. The number of nitrogens with one attached hydrogen (secondary N) is 2. The molecule has 3 fully saturated rings. The van der Waals surface area contributed by atoms with Crippen LogP contribution in [0.3, 0.4) is 0 Å². The van der Waals surface area contributed by atoms with Crippen LogP contribution in [0.2, 0.25) is 5.02 Å². The van der Waals surface area contributed by atoms with Gasteiger partial charge in [-0.1, -0.05) is 19.5 Å². The van der Waals surface area contributed by atoms with E-state index in [0.29, 0.717) is 22.8 Å². The second-order valence-electron chi connectivity index (χ2n) is 12.5. The van der Waals surface area contributed by atoms with E-state index in [2.05, 4.69) is 67.8 Å². The molecule has 2 aromatic carbocycles. The minimum atomic E-state index is -0.491. The van der Waals surface area contributed by atoms with Gasteiger partial charge in [-0.3, -0.25) is 14.9 Å². The highest BCUT2D eigenvalue weighted by molar-refractivity contribution is 7.65. The molecule has 2 atom stereocenters. The van der Waals surface area contributed by atoms with Gasteiger partial charge in [-0.05, 0) is 56.9 Å². The second-order valence-corrected chi connectivity index (χ2v) is 15.1. The van der Waals surface area contributed by atoms with Gasteiger partial charge >= 0.3 is 0 Å². The molecule has 0 radical (unpaired) electrons. The predicted molar refractivity (Wildman–Crippen MR) is 184 cm³/mol. The van der Waals surface area contributed by atoms with Crippen molar-refractivity contribution in [1.82, 2.24) is 24.8 Å². The van der Waals surface area contributed by atoms with Gasteiger partial charge in [-0.2, -0.15) is 4.98 Å². The topological polar surface area (TPSA) is 101 Å². The number of likely N-dealkylation sites (tertiary alicyclic amines) is 1. The van der Waals surface area contributed by atoms with Crippen molar-refractivity contribution in [3.8, 4) is 5.75 Å². The zero-order valence-electron chi connectivity index (χ0n) is 26.3. The summed E-state index contributed by atoms with van der Waals surface area (Å²) in [7, 11) is 1.21. The number of fused-ring (bicyclic) bond motifs is 2. The van der Waals surface area contributed by atoms with E-state index in [1.165, 1.54) is 37.2 Å². The van der Waals surface area contributed by atoms with Crippen molar-refractivity contribution >= 4 is 64.7 Å². The van der Waals surface area contributed by atoms with Crippen molar-refractivity contribution in [3.63, 3.8) is 0 Å². The Morgan fingerprint density at radius 3 is 2.47 bits per heavy atom. The maximum Gasteiger partial charge on any atom is 0.229 e. The molecule has 12 heteroatoms. The third-order valence-corrected chi connectivity index (χ3v) is 11.0. The maximum atomic E-state index is 6.59. The molecule has 3 aliphatic heterocycles. The summed E-state index contributed by atoms with van der Waals surface area (Å²) in [5, 5.41) is 8.37. The lowest BCUT2D eigenvalue weighted by atomic mass is 10.0. The van der Waals surface area contributed by atoms with E-state index in [-0.39, 0.29) is 0 Å². The largest absolute Gasteiger partial charge is 0.494 e. The number of nitrogens with zero attached hydrogens (tertiary/aromatic N) is 6. The van der Waals surface area contributed by atoms with Crippen molar-refractivity contribution in [3.05, 3.63) is 53.4 Å². The molecule has 7 rings (SSSR count). The number of anilines is 5. The van der Waals surface area contributed by atoms with Crippen LogP contribution in [0.1, 0.15) is 18.4 Å². The minimum Gasteiger partial charge on any atom is -0.494 e. The van der Waals surface area contributed by atoms with Gasteiger partial charge in [0.05, 0.1) is 43.2 Å². The number of halogens is 1. The Balaban J connectivity index is 1.07. The van der Waals surface area contributed by atoms with Gasteiger partial charge in [0.1, 0.15) is 10.8 Å². The average Bonchev–Trinajstić information content (AvgIpc) is 3.66. The van der Waals surface area contributed by atoms with Crippen LogP contribution in [-0.2, 0) is 4.74 Å². The van der Waals surface area contributed by atoms with Crippen LogP contribution >= 0.6 is 19.5 Å². The summed E-state index contributed by atoms with van der Waals surface area (Å²) in [6.07, 6.45) is 7.41. The first-order valence-electron chi connectivity index (χ1n) is 15.6. The number of aryl methyl sites for hydroxylation is 1. The zero-order valence-corrected chi connectivity index (χ0v) is 27.9. The fraction of sp³-hybridized carbons (Fsp3) is 0.455. The van der Waals surface area contributed by atoms with Crippen molar-refractivity contribution in [2.75, 3.05) is 75.4 Å². The van der Waals surface area contributed by atoms with E-state index in [1.54, 1.807) is 25.7 Å². The summed E-state index contributed by atoms with van der Waals surface area (Å²) in [6.45, 7) is 12.9. The first-order chi connectivity index (χ1) is 21.9. The van der Waals surface area contributed by atoms with E-state index in [0.717, 1.165) is 71.6 Å². The summed E-state index contributed by atoms with van der Waals surface area (Å²) >= 11 is 6.59. The number of hydrogen-bond acceptors (Lipinski definition) is 10. The number of piperidine rings is 1. The smallest absolute Gasteiger partial charge is 0.229 e. The molecule has 236 valence electrons. The minimum absolute atomic E-state index is 0.423. The van der Waals surface area contributed by atoms with E-state index in [4.69, 9.17) is 26.1 Å². The summed E-state index contributed by atoms with van der Waals surface area (Å²) < 4.78 is 11.6.